The Bertz CT molecular complexity index is 1410. The monoisotopic (exact) mass is 408 g/mol. The van der Waals surface area contributed by atoms with Crippen LogP contribution in [-0.4, -0.2) is 19.7 Å². The molecule has 0 amide bonds. The molecule has 0 fully saturated rings. The van der Waals surface area contributed by atoms with Crippen LogP contribution in [0, 0.1) is 0 Å². The van der Waals surface area contributed by atoms with Crippen LogP contribution in [0.2, 0.25) is 0 Å². The van der Waals surface area contributed by atoms with Crippen molar-refractivity contribution in [1.82, 2.24) is 19.7 Å². The van der Waals surface area contributed by atoms with Crippen molar-refractivity contribution in [1.29, 1.82) is 0 Å². The quantitative estimate of drug-likeness (QED) is 0.416. The van der Waals surface area contributed by atoms with E-state index >= 15 is 0 Å². The molecule has 144 valence electrons. The summed E-state index contributed by atoms with van der Waals surface area (Å²) in [5, 5.41) is 10.4. The lowest BCUT2D eigenvalue weighted by Gasteiger charge is -2.07. The van der Waals surface area contributed by atoms with E-state index in [1.54, 1.807) is 6.07 Å². The Hall–Kier alpha value is -3.90. The van der Waals surface area contributed by atoms with E-state index < -0.39 is 0 Å². The predicted molar refractivity (Wildman–Crippen MR) is 122 cm³/mol. The van der Waals surface area contributed by atoms with Gasteiger partial charge in [0.05, 0.1) is 10.9 Å². The van der Waals surface area contributed by atoms with Gasteiger partial charge in [0.25, 0.3) is 5.56 Å². The molecule has 6 heteroatoms. The second-order valence-electron chi connectivity index (χ2n) is 6.63. The lowest BCUT2D eigenvalue weighted by Crippen LogP contribution is -2.22. The summed E-state index contributed by atoms with van der Waals surface area (Å²) >= 11 is 1.36. The Morgan fingerprint density at radius 3 is 2.27 bits per heavy atom. The van der Waals surface area contributed by atoms with Crippen molar-refractivity contribution >= 4 is 34.4 Å². The fourth-order valence-corrected chi connectivity index (χ4v) is 4.04. The van der Waals surface area contributed by atoms with E-state index in [9.17, 15) is 4.79 Å². The molecule has 0 aliphatic rings. The minimum absolute atomic E-state index is 0.163. The summed E-state index contributed by atoms with van der Waals surface area (Å²) in [6.45, 7) is 0. The van der Waals surface area contributed by atoms with Crippen molar-refractivity contribution in [3.05, 3.63) is 107 Å². The van der Waals surface area contributed by atoms with Crippen molar-refractivity contribution in [3.8, 4) is 15.7 Å². The molecule has 2 heterocycles. The van der Waals surface area contributed by atoms with E-state index in [1.807, 2.05) is 91.0 Å². The first-order chi connectivity index (χ1) is 14.8. The van der Waals surface area contributed by atoms with Gasteiger partial charge < -0.3 is 0 Å². The summed E-state index contributed by atoms with van der Waals surface area (Å²) in [7, 11) is 0. The van der Waals surface area contributed by atoms with Crippen LogP contribution in [0.1, 0.15) is 11.4 Å². The highest BCUT2D eigenvalue weighted by Crippen LogP contribution is 2.26. The van der Waals surface area contributed by atoms with Gasteiger partial charge in [-0.1, -0.05) is 90.2 Å². The van der Waals surface area contributed by atoms with Gasteiger partial charge in [0.1, 0.15) is 10.8 Å². The van der Waals surface area contributed by atoms with E-state index in [1.165, 1.54) is 15.9 Å². The van der Waals surface area contributed by atoms with Crippen molar-refractivity contribution in [2.75, 3.05) is 0 Å². The first-order valence-electron chi connectivity index (χ1n) is 9.44. The van der Waals surface area contributed by atoms with Crippen molar-refractivity contribution < 1.29 is 0 Å². The normalized spacial score (nSPS) is 11.3. The highest BCUT2D eigenvalue weighted by molar-refractivity contribution is 7.17. The third-order valence-corrected chi connectivity index (χ3v) is 5.61. The predicted octanol–water partition coefficient (Wildman–Crippen LogP) is 5.07. The minimum Gasteiger partial charge on any atom is -0.268 e. The highest BCUT2D eigenvalue weighted by Gasteiger charge is 2.15. The van der Waals surface area contributed by atoms with Crippen LogP contribution in [0.3, 0.4) is 0 Å². The zero-order chi connectivity index (χ0) is 20.3. The summed E-state index contributed by atoms with van der Waals surface area (Å²) in [5.41, 5.74) is 2.47. The largest absolute Gasteiger partial charge is 0.268 e. The van der Waals surface area contributed by atoms with Gasteiger partial charge in [0, 0.05) is 5.56 Å². The van der Waals surface area contributed by atoms with Gasteiger partial charge >= 0.3 is 0 Å². The summed E-state index contributed by atoms with van der Waals surface area (Å²) in [4.78, 5) is 18.1. The first kappa shape index (κ1) is 18.1. The van der Waals surface area contributed by atoms with Crippen molar-refractivity contribution in [2.24, 2.45) is 0 Å². The Labute approximate surface area is 176 Å². The van der Waals surface area contributed by atoms with E-state index in [0.717, 1.165) is 16.1 Å². The van der Waals surface area contributed by atoms with E-state index in [-0.39, 0.29) is 5.56 Å². The zero-order valence-corrected chi connectivity index (χ0v) is 16.7. The average Bonchev–Trinajstić information content (AvgIpc) is 3.29. The van der Waals surface area contributed by atoms with Crippen LogP contribution in [0.5, 0.6) is 0 Å². The standard InChI is InChI=1S/C24H16N4OS/c29-23-19-13-7-8-14-20(19)25-21(16-15-17-9-3-1-4-10-17)28(23)24-27-26-22(30-24)18-11-5-2-6-12-18/h1-16H/b16-15+. The molecule has 5 aromatic rings. The van der Waals surface area contributed by atoms with Gasteiger partial charge in [-0.3, -0.25) is 4.79 Å². The molecule has 0 aliphatic heterocycles. The number of aromatic nitrogens is 4. The first-order valence-corrected chi connectivity index (χ1v) is 10.3. The number of para-hydroxylation sites is 1. The lowest BCUT2D eigenvalue weighted by atomic mass is 10.2. The molecule has 5 rings (SSSR count). The number of hydrogen-bond donors (Lipinski definition) is 0. The molecule has 30 heavy (non-hydrogen) atoms. The van der Waals surface area contributed by atoms with Crippen LogP contribution in [0.15, 0.2) is 89.7 Å². The van der Waals surface area contributed by atoms with Gasteiger partial charge in [0.15, 0.2) is 0 Å². The number of hydrogen-bond acceptors (Lipinski definition) is 5. The summed E-state index contributed by atoms with van der Waals surface area (Å²) in [6, 6.07) is 27.1. The average molecular weight is 408 g/mol. The summed E-state index contributed by atoms with van der Waals surface area (Å²) < 4.78 is 1.53. The van der Waals surface area contributed by atoms with Gasteiger partial charge in [-0.15, -0.1) is 10.2 Å². The molecule has 3 aromatic carbocycles. The van der Waals surface area contributed by atoms with Crippen LogP contribution < -0.4 is 5.56 Å². The molecule has 0 aliphatic carbocycles. The maximum Gasteiger partial charge on any atom is 0.268 e. The maximum absolute atomic E-state index is 13.3. The van der Waals surface area contributed by atoms with E-state index in [2.05, 4.69) is 10.2 Å². The Morgan fingerprint density at radius 1 is 0.767 bits per heavy atom. The number of fused-ring (bicyclic) bond motifs is 1. The SMILES string of the molecule is O=c1c2ccccc2nc(/C=C/c2ccccc2)n1-c1nnc(-c2ccccc2)s1. The molecule has 0 N–H and O–H groups in total. The lowest BCUT2D eigenvalue weighted by molar-refractivity contribution is 0.899. The third kappa shape index (κ3) is 3.44. The number of benzene rings is 3. The fourth-order valence-electron chi connectivity index (χ4n) is 3.18. The summed E-state index contributed by atoms with van der Waals surface area (Å²) in [5.74, 6) is 0.512. The van der Waals surface area contributed by atoms with E-state index in [4.69, 9.17) is 4.98 Å². The molecule has 0 saturated carbocycles. The second kappa shape index (κ2) is 7.85. The molecule has 5 nitrogen and oxygen atoms in total. The molecule has 0 saturated heterocycles. The molecule has 0 bridgehead atoms. The second-order valence-corrected chi connectivity index (χ2v) is 7.58. The fraction of sp³-hybridized carbons (Fsp3) is 0. The molecule has 0 spiro atoms. The Morgan fingerprint density at radius 2 is 1.47 bits per heavy atom. The van der Waals surface area contributed by atoms with Crippen LogP contribution in [0.25, 0.3) is 38.8 Å². The van der Waals surface area contributed by atoms with Crippen molar-refractivity contribution in [2.45, 2.75) is 0 Å². The Balaban J connectivity index is 1.68. The summed E-state index contributed by atoms with van der Waals surface area (Å²) in [6.07, 6.45) is 3.78. The molecule has 0 unspecified atom stereocenters. The molecular formula is C24H16N4OS. The smallest absolute Gasteiger partial charge is 0.268 e. The van der Waals surface area contributed by atoms with Crippen LogP contribution in [0.4, 0.5) is 0 Å². The van der Waals surface area contributed by atoms with Gasteiger partial charge in [-0.25, -0.2) is 9.55 Å². The molecule has 0 radical (unpaired) electrons. The van der Waals surface area contributed by atoms with Gasteiger partial charge in [-0.05, 0) is 23.8 Å². The van der Waals surface area contributed by atoms with Gasteiger partial charge in [-0.2, -0.15) is 0 Å². The van der Waals surface area contributed by atoms with Crippen LogP contribution >= 0.6 is 11.3 Å². The zero-order valence-electron chi connectivity index (χ0n) is 15.8. The minimum atomic E-state index is -0.163. The highest BCUT2D eigenvalue weighted by atomic mass is 32.1. The topological polar surface area (TPSA) is 60.7 Å². The molecular weight excluding hydrogens is 392 g/mol. The number of nitrogens with zero attached hydrogens (tertiary/aromatic N) is 4. The van der Waals surface area contributed by atoms with Gasteiger partial charge in [0.2, 0.25) is 5.13 Å². The maximum atomic E-state index is 13.3. The van der Waals surface area contributed by atoms with Crippen molar-refractivity contribution in [3.63, 3.8) is 0 Å². The van der Waals surface area contributed by atoms with Crippen LogP contribution in [-0.2, 0) is 0 Å². The molecule has 2 aromatic heterocycles. The molecule has 0 atom stereocenters. The number of rotatable bonds is 4. The van der Waals surface area contributed by atoms with E-state index in [0.29, 0.717) is 21.9 Å². The Kier molecular flexibility index (Phi) is 4.75. The third-order valence-electron chi connectivity index (χ3n) is 4.65.